The number of nitrogens with zero attached hydrogens (tertiary/aromatic N) is 3. The lowest BCUT2D eigenvalue weighted by molar-refractivity contribution is 0.415. The summed E-state index contributed by atoms with van der Waals surface area (Å²) in [7, 11) is 1.62. The molecule has 3 rings (SSSR count). The molecule has 0 aliphatic carbocycles. The van der Waals surface area contributed by atoms with Crippen molar-refractivity contribution in [3.8, 4) is 5.75 Å². The minimum atomic E-state index is 0.341. The molecule has 1 heterocycles. The van der Waals surface area contributed by atoms with Gasteiger partial charge in [0.1, 0.15) is 5.75 Å². The van der Waals surface area contributed by atoms with Gasteiger partial charge in [0.2, 0.25) is 5.95 Å². The second kappa shape index (κ2) is 7.33. The van der Waals surface area contributed by atoms with Crippen molar-refractivity contribution in [1.82, 2.24) is 15.2 Å². The van der Waals surface area contributed by atoms with Gasteiger partial charge < -0.3 is 15.4 Å². The number of anilines is 4. The highest BCUT2D eigenvalue weighted by atomic mass is 35.5. The average Bonchev–Trinajstić information content (AvgIpc) is 2.59. The molecule has 0 atom stereocenters. The van der Waals surface area contributed by atoms with Gasteiger partial charge in [-0.15, -0.1) is 5.10 Å². The second-order valence-electron chi connectivity index (χ2n) is 4.74. The summed E-state index contributed by atoms with van der Waals surface area (Å²) < 4.78 is 5.12. The quantitative estimate of drug-likeness (QED) is 0.687. The monoisotopic (exact) mass is 361 g/mol. The van der Waals surface area contributed by atoms with E-state index in [9.17, 15) is 0 Å². The Bertz CT molecular complexity index is 822. The standard InChI is InChI=1S/C16H13Cl2N5O/c1-24-11-7-5-10(6-8-11)20-16-22-14(9-19-23-16)21-15-12(17)3-2-4-13(15)18/h2-9H,1H3,(H2,20,21,22,23). The summed E-state index contributed by atoms with van der Waals surface area (Å²) in [5.74, 6) is 1.58. The number of nitrogens with one attached hydrogen (secondary N) is 2. The zero-order chi connectivity index (χ0) is 16.9. The van der Waals surface area contributed by atoms with Crippen molar-refractivity contribution < 1.29 is 4.74 Å². The van der Waals surface area contributed by atoms with Gasteiger partial charge in [0.05, 0.1) is 29.0 Å². The van der Waals surface area contributed by atoms with Crippen molar-refractivity contribution in [2.75, 3.05) is 17.7 Å². The number of halogens is 2. The predicted molar refractivity (Wildman–Crippen MR) is 95.8 cm³/mol. The summed E-state index contributed by atoms with van der Waals surface area (Å²) in [6.45, 7) is 0. The van der Waals surface area contributed by atoms with Gasteiger partial charge in [0.25, 0.3) is 0 Å². The summed E-state index contributed by atoms with van der Waals surface area (Å²) in [4.78, 5) is 4.34. The molecule has 0 amide bonds. The SMILES string of the molecule is COc1ccc(Nc2nncc(Nc3c(Cl)cccc3Cl)n2)cc1. The fourth-order valence-electron chi connectivity index (χ4n) is 1.97. The lowest BCUT2D eigenvalue weighted by Gasteiger charge is -2.10. The summed E-state index contributed by atoms with van der Waals surface area (Å²) in [5, 5.41) is 15.0. The van der Waals surface area contributed by atoms with Crippen LogP contribution in [0.4, 0.5) is 23.1 Å². The van der Waals surface area contributed by atoms with Gasteiger partial charge in [-0.3, -0.25) is 0 Å². The van der Waals surface area contributed by atoms with E-state index in [-0.39, 0.29) is 0 Å². The molecule has 2 aromatic carbocycles. The van der Waals surface area contributed by atoms with Crippen LogP contribution in [0.15, 0.2) is 48.7 Å². The zero-order valence-corrected chi connectivity index (χ0v) is 14.1. The van der Waals surface area contributed by atoms with E-state index in [1.165, 1.54) is 6.20 Å². The number of benzene rings is 2. The van der Waals surface area contributed by atoms with Gasteiger partial charge in [-0.2, -0.15) is 10.1 Å². The van der Waals surface area contributed by atoms with E-state index >= 15 is 0 Å². The number of methoxy groups -OCH3 is 1. The first-order valence-electron chi connectivity index (χ1n) is 6.97. The van der Waals surface area contributed by atoms with Crippen LogP contribution in [0, 0.1) is 0 Å². The van der Waals surface area contributed by atoms with Crippen LogP contribution in [0.2, 0.25) is 10.0 Å². The first-order chi connectivity index (χ1) is 11.7. The number of aromatic nitrogens is 3. The lowest BCUT2D eigenvalue weighted by atomic mass is 10.3. The first-order valence-corrected chi connectivity index (χ1v) is 7.73. The molecule has 0 saturated carbocycles. The topological polar surface area (TPSA) is 72.0 Å². The van der Waals surface area contributed by atoms with Crippen LogP contribution in [-0.2, 0) is 0 Å². The molecule has 122 valence electrons. The molecular formula is C16H13Cl2N5O. The van der Waals surface area contributed by atoms with E-state index in [4.69, 9.17) is 27.9 Å². The molecule has 0 radical (unpaired) electrons. The predicted octanol–water partition coefficient (Wildman–Crippen LogP) is 4.67. The van der Waals surface area contributed by atoms with E-state index in [0.717, 1.165) is 11.4 Å². The van der Waals surface area contributed by atoms with E-state index in [1.807, 2.05) is 24.3 Å². The Kier molecular flexibility index (Phi) is 4.98. The number of ether oxygens (including phenoxy) is 1. The molecule has 0 bridgehead atoms. The highest BCUT2D eigenvalue weighted by Crippen LogP contribution is 2.32. The van der Waals surface area contributed by atoms with Crippen LogP contribution in [0.5, 0.6) is 5.75 Å². The molecule has 0 spiro atoms. The number of hydrogen-bond donors (Lipinski definition) is 2. The van der Waals surface area contributed by atoms with E-state index in [1.54, 1.807) is 25.3 Å². The molecule has 6 nitrogen and oxygen atoms in total. The molecule has 1 aromatic heterocycles. The summed E-state index contributed by atoms with van der Waals surface area (Å²) >= 11 is 12.3. The van der Waals surface area contributed by atoms with Crippen molar-refractivity contribution in [2.45, 2.75) is 0 Å². The fourth-order valence-corrected chi connectivity index (χ4v) is 2.46. The Hall–Kier alpha value is -2.57. The Balaban J connectivity index is 1.78. The molecule has 0 saturated heterocycles. The van der Waals surface area contributed by atoms with Crippen molar-refractivity contribution >= 4 is 46.3 Å². The molecule has 0 aliphatic heterocycles. The lowest BCUT2D eigenvalue weighted by Crippen LogP contribution is -2.02. The third-order valence-electron chi connectivity index (χ3n) is 3.12. The molecular weight excluding hydrogens is 349 g/mol. The van der Waals surface area contributed by atoms with Crippen LogP contribution < -0.4 is 15.4 Å². The normalized spacial score (nSPS) is 10.3. The largest absolute Gasteiger partial charge is 0.497 e. The maximum Gasteiger partial charge on any atom is 0.249 e. The highest BCUT2D eigenvalue weighted by molar-refractivity contribution is 6.39. The van der Waals surface area contributed by atoms with Gasteiger partial charge in [-0.1, -0.05) is 29.3 Å². The smallest absolute Gasteiger partial charge is 0.249 e. The Morgan fingerprint density at radius 2 is 1.67 bits per heavy atom. The van der Waals surface area contributed by atoms with E-state index < -0.39 is 0 Å². The zero-order valence-electron chi connectivity index (χ0n) is 12.6. The maximum atomic E-state index is 6.14. The van der Waals surface area contributed by atoms with Gasteiger partial charge in [0.15, 0.2) is 5.82 Å². The van der Waals surface area contributed by atoms with Crippen LogP contribution >= 0.6 is 23.2 Å². The molecule has 3 aromatic rings. The molecule has 24 heavy (non-hydrogen) atoms. The van der Waals surface area contributed by atoms with Gasteiger partial charge >= 0.3 is 0 Å². The molecule has 0 aliphatic rings. The number of rotatable bonds is 5. The van der Waals surface area contributed by atoms with Gasteiger partial charge in [0, 0.05) is 5.69 Å². The number of hydrogen-bond acceptors (Lipinski definition) is 6. The average molecular weight is 362 g/mol. The third-order valence-corrected chi connectivity index (χ3v) is 3.75. The van der Waals surface area contributed by atoms with Crippen molar-refractivity contribution in [3.63, 3.8) is 0 Å². The molecule has 0 unspecified atom stereocenters. The second-order valence-corrected chi connectivity index (χ2v) is 5.55. The van der Waals surface area contributed by atoms with Crippen molar-refractivity contribution in [3.05, 3.63) is 58.7 Å². The summed E-state index contributed by atoms with van der Waals surface area (Å²) in [6, 6.07) is 12.6. The van der Waals surface area contributed by atoms with Crippen LogP contribution in [0.1, 0.15) is 0 Å². The highest BCUT2D eigenvalue weighted by Gasteiger charge is 2.08. The van der Waals surface area contributed by atoms with Crippen molar-refractivity contribution in [2.24, 2.45) is 0 Å². The Labute approximate surface area is 148 Å². The van der Waals surface area contributed by atoms with Gasteiger partial charge in [-0.25, -0.2) is 0 Å². The maximum absolute atomic E-state index is 6.14. The minimum Gasteiger partial charge on any atom is -0.497 e. The van der Waals surface area contributed by atoms with E-state index in [2.05, 4.69) is 25.8 Å². The molecule has 0 fully saturated rings. The Morgan fingerprint density at radius 3 is 2.33 bits per heavy atom. The summed E-state index contributed by atoms with van der Waals surface area (Å²) in [5.41, 5.74) is 1.38. The van der Waals surface area contributed by atoms with Crippen LogP contribution in [0.3, 0.4) is 0 Å². The van der Waals surface area contributed by atoms with E-state index in [0.29, 0.717) is 27.5 Å². The summed E-state index contributed by atoms with van der Waals surface area (Å²) in [6.07, 6.45) is 1.48. The Morgan fingerprint density at radius 1 is 0.958 bits per heavy atom. The van der Waals surface area contributed by atoms with Crippen molar-refractivity contribution in [1.29, 1.82) is 0 Å². The van der Waals surface area contributed by atoms with Crippen LogP contribution in [-0.4, -0.2) is 22.3 Å². The number of para-hydroxylation sites is 1. The van der Waals surface area contributed by atoms with Crippen LogP contribution in [0.25, 0.3) is 0 Å². The first kappa shape index (κ1) is 16.3. The fraction of sp³-hybridized carbons (Fsp3) is 0.0625. The third kappa shape index (κ3) is 3.84. The molecule has 8 heteroatoms. The molecule has 2 N–H and O–H groups in total. The van der Waals surface area contributed by atoms with Gasteiger partial charge in [-0.05, 0) is 36.4 Å². The minimum absolute atomic E-state index is 0.341.